The van der Waals surface area contributed by atoms with Crippen molar-refractivity contribution in [1.29, 1.82) is 0 Å². The van der Waals surface area contributed by atoms with Crippen molar-refractivity contribution < 1.29 is 0 Å². The Hall–Kier alpha value is -0.0400. The Kier molecular flexibility index (Phi) is 9.44. The van der Waals surface area contributed by atoms with Gasteiger partial charge in [-0.3, -0.25) is 0 Å². The maximum atomic E-state index is 3.28. The maximum Gasteiger partial charge on any atom is -0.00489 e. The van der Waals surface area contributed by atoms with E-state index in [1.807, 2.05) is 0 Å². The summed E-state index contributed by atoms with van der Waals surface area (Å²) in [6.07, 6.45) is 4.22. The average Bonchev–Trinajstić information content (AvgIpc) is 1.72. The molecule has 1 saturated heterocycles. The van der Waals surface area contributed by atoms with Crippen molar-refractivity contribution >= 4 is 0 Å². The van der Waals surface area contributed by atoms with Gasteiger partial charge < -0.3 is 12.7 Å². The second kappa shape index (κ2) is 6.96. The Morgan fingerprint density at radius 2 is 1.38 bits per heavy atom. The highest BCUT2D eigenvalue weighted by atomic mass is 14.9. The van der Waals surface area contributed by atoms with Gasteiger partial charge in [0.05, 0.1) is 0 Å². The largest absolute Gasteiger partial charge is 0.358 e. The van der Waals surface area contributed by atoms with Gasteiger partial charge in [-0.25, -0.2) is 0 Å². The first-order valence-electron chi connectivity index (χ1n) is 2.71. The predicted octanol–water partition coefficient (Wildman–Crippen LogP) is 1.85. The SMILES string of the molecule is C.C1CCNCC1.[CH3-]. The smallest absolute Gasteiger partial charge is 0.00489 e. The molecule has 8 heavy (non-hydrogen) atoms. The van der Waals surface area contributed by atoms with Gasteiger partial charge in [0.1, 0.15) is 0 Å². The number of hydrogen-bond donors (Lipinski definition) is 1. The van der Waals surface area contributed by atoms with E-state index >= 15 is 0 Å². The molecule has 0 aliphatic carbocycles. The highest BCUT2D eigenvalue weighted by molar-refractivity contribution is 4.55. The van der Waals surface area contributed by atoms with Crippen LogP contribution in [0.3, 0.4) is 0 Å². The van der Waals surface area contributed by atoms with Crippen LogP contribution in [0.4, 0.5) is 0 Å². The fourth-order valence-corrected chi connectivity index (χ4v) is 0.802. The number of hydrogen-bond acceptors (Lipinski definition) is 1. The van der Waals surface area contributed by atoms with Crippen molar-refractivity contribution in [1.82, 2.24) is 5.32 Å². The first-order chi connectivity index (χ1) is 3.00. The Morgan fingerprint density at radius 1 is 0.875 bits per heavy atom. The molecule has 0 aromatic carbocycles. The highest BCUT2D eigenvalue weighted by Gasteiger charge is 1.93. The number of nitrogens with one attached hydrogen (secondary N) is 1. The average molecular weight is 116 g/mol. The van der Waals surface area contributed by atoms with Crippen molar-refractivity contribution in [2.75, 3.05) is 13.1 Å². The lowest BCUT2D eigenvalue weighted by Crippen LogP contribution is -2.21. The highest BCUT2D eigenvalue weighted by Crippen LogP contribution is 1.96. The third-order valence-electron chi connectivity index (χ3n) is 1.21. The molecule has 0 bridgehead atoms. The van der Waals surface area contributed by atoms with E-state index in [4.69, 9.17) is 0 Å². The van der Waals surface area contributed by atoms with Crippen LogP contribution >= 0.6 is 0 Å². The summed E-state index contributed by atoms with van der Waals surface area (Å²) in [7, 11) is 0. The standard InChI is InChI=1S/C5H11N.CH4.CH3/c1-2-4-6-5-3-1;;/h6H,1-5H2;1H4;1H3/q;;-1. The summed E-state index contributed by atoms with van der Waals surface area (Å²) in [5.41, 5.74) is 0. The molecule has 1 nitrogen and oxygen atoms in total. The molecule has 0 radical (unpaired) electrons. The zero-order valence-electron chi connectivity index (χ0n) is 5.04. The Balaban J connectivity index is 0. The van der Waals surface area contributed by atoms with Gasteiger partial charge >= 0.3 is 0 Å². The van der Waals surface area contributed by atoms with Crippen LogP contribution in [0.15, 0.2) is 0 Å². The summed E-state index contributed by atoms with van der Waals surface area (Å²) < 4.78 is 0. The van der Waals surface area contributed by atoms with E-state index < -0.39 is 0 Å². The van der Waals surface area contributed by atoms with Gasteiger partial charge in [-0.1, -0.05) is 13.8 Å². The van der Waals surface area contributed by atoms with E-state index in [2.05, 4.69) is 5.32 Å². The van der Waals surface area contributed by atoms with Crippen molar-refractivity contribution in [3.8, 4) is 0 Å². The molecule has 0 unspecified atom stereocenters. The van der Waals surface area contributed by atoms with E-state index in [1.165, 1.54) is 32.4 Å². The van der Waals surface area contributed by atoms with E-state index in [0.717, 1.165) is 0 Å². The van der Waals surface area contributed by atoms with Gasteiger partial charge in [0.15, 0.2) is 0 Å². The van der Waals surface area contributed by atoms with Crippen LogP contribution in [0.1, 0.15) is 26.7 Å². The molecular weight excluding hydrogens is 98.1 g/mol. The lowest BCUT2D eigenvalue weighted by Gasteiger charge is -2.08. The molecule has 52 valence electrons. The third kappa shape index (κ3) is 4.13. The van der Waals surface area contributed by atoms with Crippen molar-refractivity contribution in [3.05, 3.63) is 7.43 Å². The van der Waals surface area contributed by atoms with Crippen LogP contribution in [0.25, 0.3) is 0 Å². The molecule has 1 aliphatic rings. The van der Waals surface area contributed by atoms with Gasteiger partial charge in [0, 0.05) is 0 Å². The molecular formula is C7H18N-. The van der Waals surface area contributed by atoms with Crippen LogP contribution in [0, 0.1) is 7.43 Å². The van der Waals surface area contributed by atoms with Crippen LogP contribution in [-0.4, -0.2) is 13.1 Å². The second-order valence-electron chi connectivity index (χ2n) is 1.81. The van der Waals surface area contributed by atoms with Gasteiger partial charge in [-0.2, -0.15) is 0 Å². The van der Waals surface area contributed by atoms with Crippen LogP contribution < -0.4 is 5.32 Å². The Bertz CT molecular complexity index is 19.9. The quantitative estimate of drug-likeness (QED) is 0.476. The minimum atomic E-state index is 0. The van der Waals surface area contributed by atoms with Gasteiger partial charge in [0.2, 0.25) is 0 Å². The molecule has 1 N–H and O–H groups in total. The van der Waals surface area contributed by atoms with E-state index in [-0.39, 0.29) is 14.9 Å². The number of rotatable bonds is 0. The molecule has 0 amide bonds. The fraction of sp³-hybridized carbons (Fsp3) is 0.857. The molecule has 1 heteroatoms. The van der Waals surface area contributed by atoms with Crippen molar-refractivity contribution in [3.63, 3.8) is 0 Å². The third-order valence-corrected chi connectivity index (χ3v) is 1.21. The Morgan fingerprint density at radius 3 is 1.50 bits per heavy atom. The summed E-state index contributed by atoms with van der Waals surface area (Å²) >= 11 is 0. The molecule has 0 aromatic heterocycles. The molecule has 0 aromatic rings. The molecule has 1 heterocycles. The van der Waals surface area contributed by atoms with Crippen LogP contribution in [-0.2, 0) is 0 Å². The summed E-state index contributed by atoms with van der Waals surface area (Å²) in [5.74, 6) is 0. The van der Waals surface area contributed by atoms with Gasteiger partial charge in [-0.05, 0) is 25.9 Å². The molecule has 0 spiro atoms. The molecule has 1 fully saturated rings. The minimum absolute atomic E-state index is 0. The topological polar surface area (TPSA) is 12.0 Å². The molecule has 0 saturated carbocycles. The van der Waals surface area contributed by atoms with Crippen molar-refractivity contribution in [2.45, 2.75) is 26.7 Å². The Labute approximate surface area is 53.5 Å². The minimum Gasteiger partial charge on any atom is -0.358 e. The van der Waals surface area contributed by atoms with E-state index in [9.17, 15) is 0 Å². The first-order valence-corrected chi connectivity index (χ1v) is 2.71. The summed E-state index contributed by atoms with van der Waals surface area (Å²) in [5, 5.41) is 3.28. The van der Waals surface area contributed by atoms with Gasteiger partial charge in [0.25, 0.3) is 0 Å². The van der Waals surface area contributed by atoms with E-state index in [1.54, 1.807) is 0 Å². The predicted molar refractivity (Wildman–Crippen MR) is 39.9 cm³/mol. The lowest BCUT2D eigenvalue weighted by atomic mass is 10.2. The zero-order valence-corrected chi connectivity index (χ0v) is 5.04. The second-order valence-corrected chi connectivity index (χ2v) is 1.81. The normalized spacial score (nSPS) is 18.0. The van der Waals surface area contributed by atoms with Crippen molar-refractivity contribution in [2.24, 2.45) is 0 Å². The zero-order chi connectivity index (χ0) is 4.24. The van der Waals surface area contributed by atoms with E-state index in [0.29, 0.717) is 0 Å². The lowest BCUT2D eigenvalue weighted by molar-refractivity contribution is 0.520. The monoisotopic (exact) mass is 116 g/mol. The summed E-state index contributed by atoms with van der Waals surface area (Å²) in [6.45, 7) is 2.50. The van der Waals surface area contributed by atoms with Crippen LogP contribution in [0.5, 0.6) is 0 Å². The molecule has 1 rings (SSSR count). The molecule has 1 aliphatic heterocycles. The van der Waals surface area contributed by atoms with Crippen LogP contribution in [0.2, 0.25) is 0 Å². The first kappa shape index (κ1) is 10.9. The maximum absolute atomic E-state index is 3.28. The summed E-state index contributed by atoms with van der Waals surface area (Å²) in [4.78, 5) is 0. The molecule has 0 atom stereocenters. The van der Waals surface area contributed by atoms with Gasteiger partial charge in [-0.15, -0.1) is 0 Å². The summed E-state index contributed by atoms with van der Waals surface area (Å²) in [6, 6.07) is 0. The fourth-order valence-electron chi connectivity index (χ4n) is 0.802. The number of piperidine rings is 1.